The third-order valence-corrected chi connectivity index (χ3v) is 7.60. The van der Waals surface area contributed by atoms with Crippen LogP contribution in [-0.2, 0) is 16.4 Å². The van der Waals surface area contributed by atoms with Crippen molar-refractivity contribution in [3.63, 3.8) is 0 Å². The molecule has 1 unspecified atom stereocenters. The van der Waals surface area contributed by atoms with Gasteiger partial charge in [0, 0.05) is 25.7 Å². The molecule has 4 nitrogen and oxygen atoms in total. The number of nitrogens with zero attached hydrogens (tertiary/aromatic N) is 2. The van der Waals surface area contributed by atoms with Gasteiger partial charge in [-0.3, -0.25) is 4.90 Å². The van der Waals surface area contributed by atoms with Gasteiger partial charge in [-0.2, -0.15) is 4.31 Å². The van der Waals surface area contributed by atoms with Gasteiger partial charge in [0.15, 0.2) is 0 Å². The summed E-state index contributed by atoms with van der Waals surface area (Å²) in [6.07, 6.45) is 4.53. The maximum Gasteiger partial charge on any atom is 0.243 e. The van der Waals surface area contributed by atoms with Gasteiger partial charge in [-0.15, -0.1) is 0 Å². The van der Waals surface area contributed by atoms with Gasteiger partial charge in [-0.25, -0.2) is 8.42 Å². The van der Waals surface area contributed by atoms with Crippen molar-refractivity contribution < 1.29 is 8.42 Å². The molecule has 2 aromatic rings. The average Bonchev–Trinajstić information content (AvgIpc) is 3.54. The van der Waals surface area contributed by atoms with Crippen LogP contribution in [0.1, 0.15) is 43.4 Å². The van der Waals surface area contributed by atoms with E-state index in [2.05, 4.69) is 11.8 Å². The molecule has 0 N–H and O–H groups in total. The van der Waals surface area contributed by atoms with Gasteiger partial charge >= 0.3 is 0 Å². The summed E-state index contributed by atoms with van der Waals surface area (Å²) in [6.45, 7) is 4.28. The molecule has 27 heavy (non-hydrogen) atoms. The van der Waals surface area contributed by atoms with Crippen LogP contribution in [0.25, 0.3) is 0 Å². The van der Waals surface area contributed by atoms with Gasteiger partial charge in [-0.05, 0) is 42.5 Å². The van der Waals surface area contributed by atoms with Crippen LogP contribution in [0.4, 0.5) is 0 Å². The molecule has 1 saturated heterocycles. The second kappa shape index (κ2) is 7.74. The normalized spacial score (nSPS) is 22.0. The summed E-state index contributed by atoms with van der Waals surface area (Å²) in [5, 5.41) is 0. The highest BCUT2D eigenvalue weighted by Crippen LogP contribution is 2.36. The highest BCUT2D eigenvalue weighted by atomic mass is 32.2. The number of rotatable bonds is 6. The molecule has 1 atom stereocenters. The maximum absolute atomic E-state index is 13.4. The van der Waals surface area contributed by atoms with Gasteiger partial charge in [0.2, 0.25) is 10.0 Å². The molecule has 1 saturated carbocycles. The van der Waals surface area contributed by atoms with Crippen LogP contribution in [0, 0.1) is 0 Å². The Bertz CT molecular complexity index is 861. The number of aryl methyl sites for hydroxylation is 1. The van der Waals surface area contributed by atoms with E-state index in [1.54, 1.807) is 16.4 Å². The van der Waals surface area contributed by atoms with Gasteiger partial charge in [-0.1, -0.05) is 55.8 Å². The second-order valence-electron chi connectivity index (χ2n) is 7.66. The van der Waals surface area contributed by atoms with E-state index >= 15 is 0 Å². The molecule has 2 aromatic carbocycles. The number of sulfonamides is 1. The molecule has 0 spiro atoms. The molecule has 0 radical (unpaired) electrons. The number of hydrogen-bond donors (Lipinski definition) is 0. The molecule has 4 rings (SSSR count). The molecule has 2 aliphatic rings. The third kappa shape index (κ3) is 3.96. The lowest BCUT2D eigenvalue weighted by molar-refractivity contribution is 0.129. The third-order valence-electron chi connectivity index (χ3n) is 5.68. The van der Waals surface area contributed by atoms with E-state index in [4.69, 9.17) is 0 Å². The molecular formula is C22H28N2O2S. The summed E-state index contributed by atoms with van der Waals surface area (Å²) < 4.78 is 28.6. The zero-order valence-electron chi connectivity index (χ0n) is 15.9. The molecular weight excluding hydrogens is 356 g/mol. The summed E-state index contributed by atoms with van der Waals surface area (Å²) in [4.78, 5) is 2.87. The summed E-state index contributed by atoms with van der Waals surface area (Å²) in [6, 6.07) is 18.0. The Hall–Kier alpha value is -1.69. The fourth-order valence-corrected chi connectivity index (χ4v) is 5.64. The van der Waals surface area contributed by atoms with Gasteiger partial charge in [0.1, 0.15) is 0 Å². The Morgan fingerprint density at radius 1 is 0.963 bits per heavy atom. The van der Waals surface area contributed by atoms with Crippen molar-refractivity contribution in [2.45, 2.75) is 49.6 Å². The molecule has 1 aliphatic heterocycles. The number of piperazine rings is 1. The lowest BCUT2D eigenvalue weighted by Gasteiger charge is -2.41. The minimum Gasteiger partial charge on any atom is -0.297 e. The predicted molar refractivity (Wildman–Crippen MR) is 108 cm³/mol. The predicted octanol–water partition coefficient (Wildman–Crippen LogP) is 3.85. The molecule has 144 valence electrons. The van der Waals surface area contributed by atoms with Crippen LogP contribution in [0.15, 0.2) is 59.5 Å². The van der Waals surface area contributed by atoms with Crippen LogP contribution >= 0.6 is 0 Å². The van der Waals surface area contributed by atoms with Crippen molar-refractivity contribution in [2.24, 2.45) is 0 Å². The Kier molecular flexibility index (Phi) is 5.35. The Morgan fingerprint density at radius 3 is 2.30 bits per heavy atom. The first kappa shape index (κ1) is 18.7. The quantitative estimate of drug-likeness (QED) is 0.760. The molecule has 0 aromatic heterocycles. The van der Waals surface area contributed by atoms with Crippen LogP contribution in [0.3, 0.4) is 0 Å². The fraction of sp³-hybridized carbons (Fsp3) is 0.455. The van der Waals surface area contributed by atoms with Crippen molar-refractivity contribution in [3.8, 4) is 0 Å². The first-order valence-corrected chi connectivity index (χ1v) is 11.4. The molecule has 5 heteroatoms. The summed E-state index contributed by atoms with van der Waals surface area (Å²) in [5.41, 5.74) is 2.27. The Morgan fingerprint density at radius 2 is 1.67 bits per heavy atom. The Labute approximate surface area is 162 Å². The Balaban J connectivity index is 1.64. The van der Waals surface area contributed by atoms with E-state index in [9.17, 15) is 8.42 Å². The maximum atomic E-state index is 13.4. The topological polar surface area (TPSA) is 40.6 Å². The summed E-state index contributed by atoms with van der Waals surface area (Å²) in [7, 11) is -3.51. The van der Waals surface area contributed by atoms with Crippen LogP contribution < -0.4 is 0 Å². The molecule has 1 aliphatic carbocycles. The SMILES string of the molecule is CCCc1ccc(S(=O)(=O)N2CCN(C3CC3)CC2c2ccccc2)cc1. The molecule has 0 amide bonds. The monoisotopic (exact) mass is 384 g/mol. The van der Waals surface area contributed by atoms with Crippen molar-refractivity contribution in [2.75, 3.05) is 19.6 Å². The van der Waals surface area contributed by atoms with Crippen molar-refractivity contribution >= 4 is 10.0 Å². The van der Waals surface area contributed by atoms with E-state index in [1.807, 2.05) is 42.5 Å². The standard InChI is InChI=1S/C22H28N2O2S/c1-2-6-18-9-13-21(14-10-18)27(25,26)24-16-15-23(20-11-12-20)17-22(24)19-7-4-3-5-8-19/h3-5,7-10,13-14,20,22H,2,6,11-12,15-17H2,1H3. The number of hydrogen-bond acceptors (Lipinski definition) is 3. The lowest BCUT2D eigenvalue weighted by Crippen LogP contribution is -2.51. The number of benzene rings is 2. The zero-order chi connectivity index (χ0) is 18.9. The highest BCUT2D eigenvalue weighted by Gasteiger charge is 2.40. The van der Waals surface area contributed by atoms with E-state index in [0.717, 1.165) is 31.5 Å². The lowest BCUT2D eigenvalue weighted by atomic mass is 10.0. The first-order chi connectivity index (χ1) is 13.1. The van der Waals surface area contributed by atoms with Gasteiger partial charge in [0.05, 0.1) is 10.9 Å². The summed E-state index contributed by atoms with van der Waals surface area (Å²) in [5.74, 6) is 0. The highest BCUT2D eigenvalue weighted by molar-refractivity contribution is 7.89. The van der Waals surface area contributed by atoms with Crippen LogP contribution in [0.5, 0.6) is 0 Å². The smallest absolute Gasteiger partial charge is 0.243 e. The molecule has 2 fully saturated rings. The van der Waals surface area contributed by atoms with E-state index in [1.165, 1.54) is 18.4 Å². The molecule has 0 bridgehead atoms. The van der Waals surface area contributed by atoms with Gasteiger partial charge in [0.25, 0.3) is 0 Å². The zero-order valence-corrected chi connectivity index (χ0v) is 16.7. The second-order valence-corrected chi connectivity index (χ2v) is 9.55. The molecule has 1 heterocycles. The van der Waals surface area contributed by atoms with E-state index < -0.39 is 10.0 Å². The van der Waals surface area contributed by atoms with Crippen molar-refractivity contribution in [1.29, 1.82) is 0 Å². The minimum atomic E-state index is -3.51. The van der Waals surface area contributed by atoms with Crippen molar-refractivity contribution in [3.05, 3.63) is 65.7 Å². The average molecular weight is 385 g/mol. The van der Waals surface area contributed by atoms with E-state index in [0.29, 0.717) is 17.5 Å². The summed E-state index contributed by atoms with van der Waals surface area (Å²) >= 11 is 0. The first-order valence-electron chi connectivity index (χ1n) is 9.99. The minimum absolute atomic E-state index is 0.124. The fourth-order valence-electron chi connectivity index (χ4n) is 4.05. The van der Waals surface area contributed by atoms with Crippen LogP contribution in [0.2, 0.25) is 0 Å². The van der Waals surface area contributed by atoms with Crippen LogP contribution in [-0.4, -0.2) is 43.3 Å². The largest absolute Gasteiger partial charge is 0.297 e. The van der Waals surface area contributed by atoms with Gasteiger partial charge < -0.3 is 0 Å². The van der Waals surface area contributed by atoms with Crippen molar-refractivity contribution in [1.82, 2.24) is 9.21 Å². The van der Waals surface area contributed by atoms with E-state index in [-0.39, 0.29) is 6.04 Å².